The Hall–Kier alpha value is -2.53. The van der Waals surface area contributed by atoms with Gasteiger partial charge in [0, 0.05) is 30.3 Å². The number of piperidine rings is 1. The molecular formula is C24H29ClN2O3. The predicted octanol–water partition coefficient (Wildman–Crippen LogP) is 5.61. The Bertz CT molecular complexity index is 831. The van der Waals surface area contributed by atoms with Crippen molar-refractivity contribution in [3.8, 4) is 0 Å². The highest BCUT2D eigenvalue weighted by molar-refractivity contribution is 6.20. The monoisotopic (exact) mass is 428 g/mol. The summed E-state index contributed by atoms with van der Waals surface area (Å²) >= 11 is 6.14. The molecule has 1 aliphatic heterocycles. The zero-order valence-corrected chi connectivity index (χ0v) is 18.3. The van der Waals surface area contributed by atoms with Gasteiger partial charge in [-0.1, -0.05) is 67.9 Å². The molecule has 0 bridgehead atoms. The van der Waals surface area contributed by atoms with Crippen LogP contribution in [0.5, 0.6) is 0 Å². The number of benzene rings is 2. The van der Waals surface area contributed by atoms with Crippen LogP contribution in [0.4, 0.5) is 10.5 Å². The van der Waals surface area contributed by atoms with Crippen LogP contribution >= 0.6 is 11.6 Å². The number of alkyl halides is 1. The summed E-state index contributed by atoms with van der Waals surface area (Å²) in [6.07, 6.45) is 2.45. The van der Waals surface area contributed by atoms with Gasteiger partial charge in [-0.05, 0) is 42.9 Å². The Labute approximate surface area is 183 Å². The maximum atomic E-state index is 12.1. The van der Waals surface area contributed by atoms with Crippen molar-refractivity contribution >= 4 is 29.3 Å². The molecule has 1 atom stereocenters. The maximum Gasteiger partial charge on any atom is 0.413 e. The van der Waals surface area contributed by atoms with E-state index in [2.05, 4.69) is 5.32 Å². The fraction of sp³-hybridized carbons (Fsp3) is 0.417. The zero-order valence-electron chi connectivity index (χ0n) is 17.5. The van der Waals surface area contributed by atoms with Gasteiger partial charge < -0.3 is 9.64 Å². The largest absolute Gasteiger partial charge is 0.425 e. The molecule has 0 radical (unpaired) electrons. The number of likely N-dealkylation sites (tertiary alicyclic amines) is 1. The molecule has 30 heavy (non-hydrogen) atoms. The molecule has 2 aromatic carbocycles. The molecule has 6 heteroatoms. The van der Waals surface area contributed by atoms with Crippen molar-refractivity contribution in [2.24, 2.45) is 11.8 Å². The van der Waals surface area contributed by atoms with Crippen LogP contribution in [0.2, 0.25) is 0 Å². The second-order valence-corrected chi connectivity index (χ2v) is 8.48. The number of hydrogen-bond acceptors (Lipinski definition) is 3. The van der Waals surface area contributed by atoms with E-state index >= 15 is 0 Å². The van der Waals surface area contributed by atoms with Gasteiger partial charge in [0.2, 0.25) is 11.5 Å². The molecule has 1 saturated heterocycles. The van der Waals surface area contributed by atoms with E-state index in [0.717, 1.165) is 37.9 Å². The Morgan fingerprint density at radius 1 is 1.07 bits per heavy atom. The molecule has 1 unspecified atom stereocenters. The standard InChI is InChI=1S/C24H29ClN2O3/c1-17(2)23(28)27-14-12-19(13-15-27)16-18-8-10-21(11-9-18)26-24(29)30-22(25)20-6-4-3-5-7-20/h3-11,17,19,22H,12-16H2,1-2H3,(H,26,29). The first kappa shape index (κ1) is 22.2. The number of rotatable bonds is 6. The summed E-state index contributed by atoms with van der Waals surface area (Å²) in [6, 6.07) is 17.0. The van der Waals surface area contributed by atoms with Crippen molar-refractivity contribution in [1.82, 2.24) is 4.90 Å². The first-order chi connectivity index (χ1) is 14.4. The molecule has 1 aliphatic rings. The Morgan fingerprint density at radius 2 is 1.70 bits per heavy atom. The third-order valence-corrected chi connectivity index (χ3v) is 5.76. The van der Waals surface area contributed by atoms with Crippen LogP contribution in [0.3, 0.4) is 0 Å². The van der Waals surface area contributed by atoms with Gasteiger partial charge in [-0.15, -0.1) is 0 Å². The summed E-state index contributed by atoms with van der Waals surface area (Å²) < 4.78 is 5.22. The Kier molecular flexibility index (Phi) is 7.75. The van der Waals surface area contributed by atoms with E-state index in [0.29, 0.717) is 11.6 Å². The van der Waals surface area contributed by atoms with E-state index in [1.807, 2.05) is 73.3 Å². The highest BCUT2D eigenvalue weighted by Crippen LogP contribution is 2.24. The van der Waals surface area contributed by atoms with E-state index in [9.17, 15) is 9.59 Å². The van der Waals surface area contributed by atoms with Gasteiger partial charge in [-0.2, -0.15) is 0 Å². The lowest BCUT2D eigenvalue weighted by molar-refractivity contribution is -0.135. The summed E-state index contributed by atoms with van der Waals surface area (Å²) in [5, 5.41) is 2.71. The quantitative estimate of drug-likeness (QED) is 0.608. The minimum atomic E-state index is -0.834. The third-order valence-electron chi connectivity index (χ3n) is 5.42. The van der Waals surface area contributed by atoms with Crippen LogP contribution in [0.25, 0.3) is 0 Å². The highest BCUT2D eigenvalue weighted by atomic mass is 35.5. The SMILES string of the molecule is CC(C)C(=O)N1CCC(Cc2ccc(NC(=O)OC(Cl)c3ccccc3)cc2)CC1. The second-order valence-electron chi connectivity index (χ2n) is 8.08. The van der Waals surface area contributed by atoms with Crippen LogP contribution in [0.1, 0.15) is 43.4 Å². The molecule has 1 heterocycles. The van der Waals surface area contributed by atoms with E-state index < -0.39 is 11.7 Å². The molecule has 2 aromatic rings. The fourth-order valence-electron chi connectivity index (χ4n) is 3.69. The zero-order chi connectivity index (χ0) is 21.5. The molecule has 0 aromatic heterocycles. The molecule has 3 rings (SSSR count). The van der Waals surface area contributed by atoms with Crippen LogP contribution in [-0.4, -0.2) is 30.0 Å². The number of ether oxygens (including phenoxy) is 1. The van der Waals surface area contributed by atoms with Gasteiger partial charge in [-0.3, -0.25) is 10.1 Å². The van der Waals surface area contributed by atoms with Crippen LogP contribution in [0, 0.1) is 11.8 Å². The van der Waals surface area contributed by atoms with Crippen molar-refractivity contribution in [3.05, 3.63) is 65.7 Å². The molecule has 160 valence electrons. The number of nitrogens with zero attached hydrogens (tertiary/aromatic N) is 1. The summed E-state index contributed by atoms with van der Waals surface area (Å²) in [5.41, 5.74) is 1.78. The van der Waals surface area contributed by atoms with Gasteiger partial charge in [0.15, 0.2) is 0 Å². The Morgan fingerprint density at radius 3 is 2.30 bits per heavy atom. The average Bonchev–Trinajstić information content (AvgIpc) is 2.75. The minimum absolute atomic E-state index is 0.0649. The van der Waals surface area contributed by atoms with E-state index in [1.54, 1.807) is 0 Å². The number of hydrogen-bond donors (Lipinski definition) is 1. The molecule has 0 aliphatic carbocycles. The fourth-order valence-corrected chi connectivity index (χ4v) is 3.92. The molecule has 0 spiro atoms. The predicted molar refractivity (Wildman–Crippen MR) is 119 cm³/mol. The van der Waals surface area contributed by atoms with E-state index in [4.69, 9.17) is 16.3 Å². The molecule has 5 nitrogen and oxygen atoms in total. The van der Waals surface area contributed by atoms with E-state index in [-0.39, 0.29) is 11.8 Å². The smallest absolute Gasteiger partial charge is 0.413 e. The number of carbonyl (C=O) groups excluding carboxylic acids is 2. The van der Waals surface area contributed by atoms with Gasteiger partial charge in [-0.25, -0.2) is 4.79 Å². The van der Waals surface area contributed by atoms with Crippen molar-refractivity contribution in [2.75, 3.05) is 18.4 Å². The summed E-state index contributed by atoms with van der Waals surface area (Å²) in [5.74, 6) is 0.894. The van der Waals surface area contributed by atoms with Gasteiger partial charge >= 0.3 is 6.09 Å². The maximum absolute atomic E-state index is 12.1. The normalized spacial score (nSPS) is 15.7. The van der Waals surface area contributed by atoms with Crippen molar-refractivity contribution in [2.45, 2.75) is 38.7 Å². The number of nitrogens with one attached hydrogen (secondary N) is 1. The van der Waals surface area contributed by atoms with Gasteiger partial charge in [0.25, 0.3) is 0 Å². The number of anilines is 1. The van der Waals surface area contributed by atoms with Crippen LogP contribution in [-0.2, 0) is 16.0 Å². The van der Waals surface area contributed by atoms with Gasteiger partial charge in [0.1, 0.15) is 0 Å². The molecule has 2 amide bonds. The third kappa shape index (κ3) is 6.23. The summed E-state index contributed by atoms with van der Waals surface area (Å²) in [6.45, 7) is 5.59. The average molecular weight is 429 g/mol. The topological polar surface area (TPSA) is 58.6 Å². The van der Waals surface area contributed by atoms with Crippen molar-refractivity contribution in [1.29, 1.82) is 0 Å². The van der Waals surface area contributed by atoms with E-state index in [1.165, 1.54) is 5.56 Å². The number of carbonyl (C=O) groups is 2. The summed E-state index contributed by atoms with van der Waals surface area (Å²) in [7, 11) is 0. The first-order valence-corrected chi connectivity index (χ1v) is 10.9. The highest BCUT2D eigenvalue weighted by Gasteiger charge is 2.24. The number of halogens is 1. The number of amides is 2. The minimum Gasteiger partial charge on any atom is -0.425 e. The first-order valence-electron chi connectivity index (χ1n) is 10.5. The Balaban J connectivity index is 1.45. The molecule has 1 N–H and O–H groups in total. The lowest BCUT2D eigenvalue weighted by atomic mass is 9.89. The molecular weight excluding hydrogens is 400 g/mol. The molecule has 0 saturated carbocycles. The molecule has 1 fully saturated rings. The second kappa shape index (κ2) is 10.5. The van der Waals surface area contributed by atoms with Gasteiger partial charge in [0.05, 0.1) is 0 Å². The van der Waals surface area contributed by atoms with Crippen LogP contribution in [0.15, 0.2) is 54.6 Å². The van der Waals surface area contributed by atoms with Crippen molar-refractivity contribution in [3.63, 3.8) is 0 Å². The summed E-state index contributed by atoms with van der Waals surface area (Å²) in [4.78, 5) is 26.2. The van der Waals surface area contributed by atoms with Crippen molar-refractivity contribution < 1.29 is 14.3 Å². The lowest BCUT2D eigenvalue weighted by Gasteiger charge is -2.33. The van der Waals surface area contributed by atoms with Crippen LogP contribution < -0.4 is 5.32 Å². The lowest BCUT2D eigenvalue weighted by Crippen LogP contribution is -2.40.